The molecule has 0 unspecified atom stereocenters. The van der Waals surface area contributed by atoms with Gasteiger partial charge in [-0.2, -0.15) is 0 Å². The van der Waals surface area contributed by atoms with Crippen LogP contribution >= 0.6 is 0 Å². The summed E-state index contributed by atoms with van der Waals surface area (Å²) in [6.45, 7) is 8.81. The zero-order chi connectivity index (χ0) is 27.0. The van der Waals surface area contributed by atoms with E-state index in [4.69, 9.17) is 14.5 Å². The average molecular weight is 514 g/mol. The zero-order valence-electron chi connectivity index (χ0n) is 23.0. The topological polar surface area (TPSA) is 65.4 Å². The van der Waals surface area contributed by atoms with Crippen LogP contribution in [-0.4, -0.2) is 35.7 Å². The Labute approximate surface area is 226 Å². The predicted molar refractivity (Wildman–Crippen MR) is 153 cm³/mol. The summed E-state index contributed by atoms with van der Waals surface area (Å²) in [5.41, 5.74) is 4.22. The van der Waals surface area contributed by atoms with Gasteiger partial charge in [-0.05, 0) is 72.7 Å². The molecule has 0 fully saturated rings. The minimum Gasteiger partial charge on any atom is -0.497 e. The van der Waals surface area contributed by atoms with Crippen LogP contribution in [0.5, 0.6) is 11.5 Å². The lowest BCUT2D eigenvalue weighted by atomic mass is 9.87. The number of amides is 1. The van der Waals surface area contributed by atoms with Crippen molar-refractivity contribution < 1.29 is 14.3 Å². The molecule has 6 heteroatoms. The number of benzene rings is 3. The maximum Gasteiger partial charge on any atom is 0.251 e. The Hall–Kier alpha value is -3.80. The molecule has 4 rings (SSSR count). The Morgan fingerprint density at radius 3 is 2.47 bits per heavy atom. The minimum absolute atomic E-state index is 0.0922. The van der Waals surface area contributed by atoms with Gasteiger partial charge in [-0.15, -0.1) is 0 Å². The first-order valence-corrected chi connectivity index (χ1v) is 13.4. The number of imidazole rings is 1. The van der Waals surface area contributed by atoms with E-state index in [1.54, 1.807) is 19.2 Å². The standard InChI is InChI=1S/C32H39N3O3/c1-32(2,3)25-16-18-26(19-17-25)38-22-8-7-21-35-29-14-6-5-13-28(29)34-30(35)15-10-20-33-31(36)24-11-9-12-27(23-24)37-4/h5-6,9,11-14,16-19,23H,7-8,10,15,20-22H2,1-4H3,(H,33,36). The monoisotopic (exact) mass is 513 g/mol. The lowest BCUT2D eigenvalue weighted by Gasteiger charge is -2.19. The number of aryl methyl sites for hydroxylation is 2. The second-order valence-electron chi connectivity index (χ2n) is 10.6. The molecule has 1 N–H and O–H groups in total. The first-order valence-electron chi connectivity index (χ1n) is 13.4. The number of unbranched alkanes of at least 4 members (excludes halogenated alkanes) is 1. The molecule has 0 aliphatic carbocycles. The van der Waals surface area contributed by atoms with Gasteiger partial charge in [-0.25, -0.2) is 4.98 Å². The van der Waals surface area contributed by atoms with Crippen LogP contribution in [0.1, 0.15) is 61.8 Å². The number of para-hydroxylation sites is 2. The lowest BCUT2D eigenvalue weighted by Crippen LogP contribution is -2.25. The Morgan fingerprint density at radius 1 is 0.921 bits per heavy atom. The lowest BCUT2D eigenvalue weighted by molar-refractivity contribution is 0.0952. The van der Waals surface area contributed by atoms with Gasteiger partial charge in [0.1, 0.15) is 17.3 Å². The summed E-state index contributed by atoms with van der Waals surface area (Å²) in [6.07, 6.45) is 3.57. The van der Waals surface area contributed by atoms with E-state index in [9.17, 15) is 4.79 Å². The number of fused-ring (bicyclic) bond motifs is 1. The molecule has 1 amide bonds. The SMILES string of the molecule is COc1cccc(C(=O)NCCCc2nc3ccccc3n2CCCCOc2ccc(C(C)(C)C)cc2)c1. The highest BCUT2D eigenvalue weighted by atomic mass is 16.5. The number of carbonyl (C=O) groups is 1. The fraction of sp³-hybridized carbons (Fsp3) is 0.375. The van der Waals surface area contributed by atoms with Gasteiger partial charge >= 0.3 is 0 Å². The van der Waals surface area contributed by atoms with Gasteiger partial charge in [0.05, 0.1) is 24.8 Å². The van der Waals surface area contributed by atoms with Crippen LogP contribution in [0.3, 0.4) is 0 Å². The Kier molecular flexibility index (Phi) is 9.06. The van der Waals surface area contributed by atoms with Gasteiger partial charge in [-0.3, -0.25) is 4.79 Å². The molecule has 4 aromatic rings. The van der Waals surface area contributed by atoms with Crippen LogP contribution in [0.25, 0.3) is 11.0 Å². The number of rotatable bonds is 12. The molecule has 0 saturated carbocycles. The van der Waals surface area contributed by atoms with Crippen LogP contribution in [-0.2, 0) is 18.4 Å². The fourth-order valence-corrected chi connectivity index (χ4v) is 4.49. The van der Waals surface area contributed by atoms with Gasteiger partial charge in [0.2, 0.25) is 0 Å². The minimum atomic E-state index is -0.0922. The predicted octanol–water partition coefficient (Wildman–Crippen LogP) is 6.56. The van der Waals surface area contributed by atoms with E-state index in [2.05, 4.69) is 73.1 Å². The van der Waals surface area contributed by atoms with Crippen LogP contribution in [0.4, 0.5) is 0 Å². The average Bonchev–Trinajstić information content (AvgIpc) is 3.27. The van der Waals surface area contributed by atoms with E-state index in [1.807, 2.05) is 18.2 Å². The van der Waals surface area contributed by atoms with E-state index in [1.165, 1.54) is 5.56 Å². The Morgan fingerprint density at radius 2 is 1.71 bits per heavy atom. The number of nitrogens with zero attached hydrogens (tertiary/aromatic N) is 2. The molecule has 0 aliphatic rings. The number of nitrogens with one attached hydrogen (secondary N) is 1. The number of hydrogen-bond donors (Lipinski definition) is 1. The second-order valence-corrected chi connectivity index (χ2v) is 10.6. The first-order chi connectivity index (χ1) is 18.3. The number of carbonyl (C=O) groups excluding carboxylic acids is 1. The van der Waals surface area contributed by atoms with Crippen molar-refractivity contribution in [3.8, 4) is 11.5 Å². The molecule has 1 heterocycles. The molecule has 38 heavy (non-hydrogen) atoms. The molecule has 0 aliphatic heterocycles. The highest BCUT2D eigenvalue weighted by molar-refractivity contribution is 5.94. The van der Waals surface area contributed by atoms with Crippen LogP contribution in [0, 0.1) is 0 Å². The third kappa shape index (κ3) is 7.15. The molecule has 3 aromatic carbocycles. The van der Waals surface area contributed by atoms with Crippen molar-refractivity contribution in [1.82, 2.24) is 14.9 Å². The molecule has 0 atom stereocenters. The fourth-order valence-electron chi connectivity index (χ4n) is 4.49. The van der Waals surface area contributed by atoms with Crippen molar-refractivity contribution in [3.05, 3.63) is 89.7 Å². The highest BCUT2D eigenvalue weighted by Crippen LogP contribution is 2.24. The molecule has 0 spiro atoms. The van der Waals surface area contributed by atoms with Crippen molar-refractivity contribution in [3.63, 3.8) is 0 Å². The summed E-state index contributed by atoms with van der Waals surface area (Å²) in [4.78, 5) is 17.4. The van der Waals surface area contributed by atoms with Crippen molar-refractivity contribution >= 4 is 16.9 Å². The van der Waals surface area contributed by atoms with Crippen molar-refractivity contribution in [2.75, 3.05) is 20.3 Å². The van der Waals surface area contributed by atoms with E-state index in [0.29, 0.717) is 24.5 Å². The van der Waals surface area contributed by atoms with E-state index in [0.717, 1.165) is 54.8 Å². The van der Waals surface area contributed by atoms with Gasteiger partial charge in [-0.1, -0.05) is 51.1 Å². The normalized spacial score (nSPS) is 11.5. The van der Waals surface area contributed by atoms with Gasteiger partial charge in [0.15, 0.2) is 0 Å². The summed E-state index contributed by atoms with van der Waals surface area (Å²) in [6, 6.07) is 23.9. The largest absolute Gasteiger partial charge is 0.497 e. The van der Waals surface area contributed by atoms with Crippen molar-refractivity contribution in [1.29, 1.82) is 0 Å². The molecule has 0 saturated heterocycles. The van der Waals surface area contributed by atoms with Crippen LogP contribution in [0.15, 0.2) is 72.8 Å². The summed E-state index contributed by atoms with van der Waals surface area (Å²) in [5.74, 6) is 2.56. The second kappa shape index (κ2) is 12.6. The van der Waals surface area contributed by atoms with Crippen molar-refractivity contribution in [2.45, 2.75) is 58.4 Å². The summed E-state index contributed by atoms with van der Waals surface area (Å²) in [7, 11) is 1.60. The summed E-state index contributed by atoms with van der Waals surface area (Å²) in [5, 5.41) is 3.01. The maximum atomic E-state index is 12.5. The zero-order valence-corrected chi connectivity index (χ0v) is 23.0. The summed E-state index contributed by atoms with van der Waals surface area (Å²) >= 11 is 0. The third-order valence-electron chi connectivity index (χ3n) is 6.69. The molecule has 0 radical (unpaired) electrons. The summed E-state index contributed by atoms with van der Waals surface area (Å²) < 4.78 is 13.5. The van der Waals surface area contributed by atoms with Gasteiger partial charge in [0.25, 0.3) is 5.91 Å². The number of methoxy groups -OCH3 is 1. The Bertz CT molecular complexity index is 1340. The molecule has 0 bridgehead atoms. The Balaban J connectivity index is 1.27. The van der Waals surface area contributed by atoms with Gasteiger partial charge < -0.3 is 19.4 Å². The molecule has 200 valence electrons. The van der Waals surface area contributed by atoms with Crippen LogP contribution < -0.4 is 14.8 Å². The van der Waals surface area contributed by atoms with E-state index in [-0.39, 0.29) is 11.3 Å². The number of hydrogen-bond acceptors (Lipinski definition) is 4. The first kappa shape index (κ1) is 27.2. The maximum absolute atomic E-state index is 12.5. The van der Waals surface area contributed by atoms with E-state index < -0.39 is 0 Å². The van der Waals surface area contributed by atoms with Crippen LogP contribution in [0.2, 0.25) is 0 Å². The number of aromatic nitrogens is 2. The highest BCUT2D eigenvalue weighted by Gasteiger charge is 2.13. The molecule has 1 aromatic heterocycles. The molecular formula is C32H39N3O3. The van der Waals surface area contributed by atoms with Crippen molar-refractivity contribution in [2.24, 2.45) is 0 Å². The third-order valence-corrected chi connectivity index (χ3v) is 6.69. The van der Waals surface area contributed by atoms with E-state index >= 15 is 0 Å². The molecular weight excluding hydrogens is 474 g/mol. The van der Waals surface area contributed by atoms with Gasteiger partial charge in [0, 0.05) is 25.1 Å². The quantitative estimate of drug-likeness (QED) is 0.218. The molecule has 6 nitrogen and oxygen atoms in total. The smallest absolute Gasteiger partial charge is 0.251 e. The number of ether oxygens (including phenoxy) is 2.